The van der Waals surface area contributed by atoms with Crippen LogP contribution < -0.4 is 5.56 Å². The smallest absolute Gasteiger partial charge is 0.266 e. The Morgan fingerprint density at radius 1 is 0.970 bits per heavy atom. The number of aromatic nitrogens is 5. The summed E-state index contributed by atoms with van der Waals surface area (Å²) in [6.45, 7) is 0. The first-order valence-corrected chi connectivity index (χ1v) is 11.3. The second-order valence-corrected chi connectivity index (χ2v) is 8.27. The van der Waals surface area contributed by atoms with Crippen LogP contribution in [-0.4, -0.2) is 30.4 Å². The van der Waals surface area contributed by atoms with E-state index in [1.165, 1.54) is 22.4 Å². The fourth-order valence-electron chi connectivity index (χ4n) is 3.42. The van der Waals surface area contributed by atoms with Crippen LogP contribution in [0.3, 0.4) is 0 Å². The van der Waals surface area contributed by atoms with Crippen LogP contribution in [0.25, 0.3) is 28.0 Å². The summed E-state index contributed by atoms with van der Waals surface area (Å²) in [7, 11) is 0. The Bertz CT molecular complexity index is 1470. The van der Waals surface area contributed by atoms with Gasteiger partial charge in [-0.2, -0.15) is 4.98 Å². The molecule has 5 aromatic rings. The van der Waals surface area contributed by atoms with Gasteiger partial charge >= 0.3 is 0 Å². The van der Waals surface area contributed by atoms with E-state index in [0.29, 0.717) is 46.4 Å². The number of para-hydroxylation sites is 2. The molecule has 0 saturated heterocycles. The Morgan fingerprint density at radius 3 is 2.61 bits per heavy atom. The zero-order valence-electron chi connectivity index (χ0n) is 17.4. The third-order valence-corrected chi connectivity index (χ3v) is 6.04. The highest BCUT2D eigenvalue weighted by Crippen LogP contribution is 2.24. The van der Waals surface area contributed by atoms with Gasteiger partial charge in [0.2, 0.25) is 11.7 Å². The average molecular weight is 460 g/mol. The minimum absolute atomic E-state index is 0.183. The number of aryl methyl sites for hydroxylation is 1. The van der Waals surface area contributed by atoms with Gasteiger partial charge in [0, 0.05) is 30.1 Å². The lowest BCUT2D eigenvalue weighted by Crippen LogP contribution is -2.22. The van der Waals surface area contributed by atoms with Crippen LogP contribution in [0.15, 0.2) is 87.5 Å². The van der Waals surface area contributed by atoms with Crippen LogP contribution in [0, 0.1) is 5.82 Å². The maximum Gasteiger partial charge on any atom is 0.266 e. The molecule has 3 heterocycles. The maximum absolute atomic E-state index is 14.6. The molecule has 33 heavy (non-hydrogen) atoms. The molecule has 0 amide bonds. The molecule has 0 spiro atoms. The van der Waals surface area contributed by atoms with E-state index in [1.807, 2.05) is 18.2 Å². The standard InChI is InChI=1S/C24H18FN5O2S/c25-18-7-2-4-9-20(18)30-23(31)17-6-1-3-8-19(17)27-24(30)33-15-5-10-21-28-22(29-32-21)16-11-13-26-14-12-16/h1-4,6-9,11-14H,5,10,15H2. The zero-order chi connectivity index (χ0) is 22.6. The Morgan fingerprint density at radius 2 is 1.76 bits per heavy atom. The van der Waals surface area contributed by atoms with E-state index in [4.69, 9.17) is 4.52 Å². The zero-order valence-corrected chi connectivity index (χ0v) is 18.2. The van der Waals surface area contributed by atoms with Crippen molar-refractivity contribution in [1.29, 1.82) is 0 Å². The second kappa shape index (κ2) is 9.33. The van der Waals surface area contributed by atoms with Crippen molar-refractivity contribution in [1.82, 2.24) is 24.7 Å². The van der Waals surface area contributed by atoms with Crippen molar-refractivity contribution in [3.8, 4) is 17.1 Å². The summed E-state index contributed by atoms with van der Waals surface area (Å²) >= 11 is 1.39. The predicted octanol–water partition coefficient (Wildman–Crippen LogP) is 4.69. The Hall–Kier alpha value is -3.85. The van der Waals surface area contributed by atoms with Crippen LogP contribution in [0.2, 0.25) is 0 Å². The maximum atomic E-state index is 14.6. The van der Waals surface area contributed by atoms with Gasteiger partial charge in [-0.05, 0) is 42.8 Å². The lowest BCUT2D eigenvalue weighted by atomic mass is 10.2. The van der Waals surface area contributed by atoms with E-state index in [-0.39, 0.29) is 11.2 Å². The number of benzene rings is 2. The number of rotatable bonds is 7. The van der Waals surface area contributed by atoms with Crippen molar-refractivity contribution >= 4 is 22.7 Å². The molecular weight excluding hydrogens is 441 g/mol. The molecule has 5 rings (SSSR count). The lowest BCUT2D eigenvalue weighted by Gasteiger charge is -2.13. The van der Waals surface area contributed by atoms with Crippen molar-refractivity contribution in [3.63, 3.8) is 0 Å². The van der Waals surface area contributed by atoms with E-state index < -0.39 is 5.82 Å². The molecule has 0 unspecified atom stereocenters. The number of nitrogens with zero attached hydrogens (tertiary/aromatic N) is 5. The highest BCUT2D eigenvalue weighted by Gasteiger charge is 2.16. The third kappa shape index (κ3) is 4.40. The van der Waals surface area contributed by atoms with E-state index >= 15 is 0 Å². The average Bonchev–Trinajstić information content (AvgIpc) is 3.32. The van der Waals surface area contributed by atoms with Gasteiger partial charge in [-0.3, -0.25) is 14.3 Å². The van der Waals surface area contributed by atoms with Gasteiger partial charge in [0.05, 0.1) is 16.6 Å². The highest BCUT2D eigenvalue weighted by atomic mass is 32.2. The molecule has 0 bridgehead atoms. The molecule has 164 valence electrons. The van der Waals surface area contributed by atoms with Crippen molar-refractivity contribution in [3.05, 3.63) is 95.1 Å². The summed E-state index contributed by atoms with van der Waals surface area (Å²) in [6, 6.07) is 16.9. The first kappa shape index (κ1) is 21.0. The van der Waals surface area contributed by atoms with Crippen molar-refractivity contribution in [2.75, 3.05) is 5.75 Å². The number of halogens is 1. The number of hydrogen-bond acceptors (Lipinski definition) is 7. The summed E-state index contributed by atoms with van der Waals surface area (Å²) in [5.41, 5.74) is 1.30. The van der Waals surface area contributed by atoms with Gasteiger partial charge in [-0.15, -0.1) is 0 Å². The number of pyridine rings is 1. The molecule has 0 aliphatic rings. The topological polar surface area (TPSA) is 86.7 Å². The van der Waals surface area contributed by atoms with Gasteiger partial charge < -0.3 is 4.52 Å². The molecule has 9 heteroatoms. The van der Waals surface area contributed by atoms with Gasteiger partial charge in [-0.1, -0.05) is 41.2 Å². The molecule has 0 aliphatic heterocycles. The monoisotopic (exact) mass is 459 g/mol. The quantitative estimate of drug-likeness (QED) is 0.198. The van der Waals surface area contributed by atoms with Crippen LogP contribution in [-0.2, 0) is 6.42 Å². The largest absolute Gasteiger partial charge is 0.339 e. The second-order valence-electron chi connectivity index (χ2n) is 7.20. The molecule has 0 fully saturated rings. The fraction of sp³-hybridized carbons (Fsp3) is 0.125. The molecule has 0 atom stereocenters. The predicted molar refractivity (Wildman–Crippen MR) is 124 cm³/mol. The van der Waals surface area contributed by atoms with E-state index in [1.54, 1.807) is 48.8 Å². The molecule has 7 nitrogen and oxygen atoms in total. The summed E-state index contributed by atoms with van der Waals surface area (Å²) in [5, 5.41) is 4.89. The molecule has 2 aromatic carbocycles. The van der Waals surface area contributed by atoms with Gasteiger partial charge in [-0.25, -0.2) is 9.37 Å². The van der Waals surface area contributed by atoms with Crippen molar-refractivity contribution < 1.29 is 8.91 Å². The lowest BCUT2D eigenvalue weighted by molar-refractivity contribution is 0.378. The van der Waals surface area contributed by atoms with Crippen LogP contribution in [0.4, 0.5) is 4.39 Å². The number of fused-ring (bicyclic) bond motifs is 1. The van der Waals surface area contributed by atoms with E-state index in [2.05, 4.69) is 20.1 Å². The molecule has 0 aliphatic carbocycles. The minimum Gasteiger partial charge on any atom is -0.339 e. The van der Waals surface area contributed by atoms with E-state index in [9.17, 15) is 9.18 Å². The molecule has 0 saturated carbocycles. The van der Waals surface area contributed by atoms with Crippen LogP contribution in [0.5, 0.6) is 0 Å². The summed E-state index contributed by atoms with van der Waals surface area (Å²) in [4.78, 5) is 26.2. The SMILES string of the molecule is O=c1c2ccccc2nc(SCCCc2nc(-c3ccncc3)no2)n1-c1ccccc1F. The first-order valence-electron chi connectivity index (χ1n) is 10.3. The van der Waals surface area contributed by atoms with Crippen molar-refractivity contribution in [2.45, 2.75) is 18.0 Å². The van der Waals surface area contributed by atoms with Crippen LogP contribution >= 0.6 is 11.8 Å². The molecular formula is C24H18FN5O2S. The van der Waals surface area contributed by atoms with Gasteiger partial charge in [0.25, 0.3) is 5.56 Å². The molecule has 3 aromatic heterocycles. The Kier molecular flexibility index (Phi) is 5.95. The normalized spacial score (nSPS) is 11.2. The summed E-state index contributed by atoms with van der Waals surface area (Å²) in [6.07, 6.45) is 4.63. The molecule has 0 radical (unpaired) electrons. The third-order valence-electron chi connectivity index (χ3n) is 5.01. The minimum atomic E-state index is -0.479. The van der Waals surface area contributed by atoms with Crippen LogP contribution in [0.1, 0.15) is 12.3 Å². The Balaban J connectivity index is 1.36. The fourth-order valence-corrected chi connectivity index (χ4v) is 4.36. The van der Waals surface area contributed by atoms with E-state index in [0.717, 1.165) is 5.56 Å². The summed E-state index contributed by atoms with van der Waals surface area (Å²) in [5.74, 6) is 1.20. The number of hydrogen-bond donors (Lipinski definition) is 0. The Labute approximate surface area is 192 Å². The van der Waals surface area contributed by atoms with Gasteiger partial charge in [0.1, 0.15) is 5.82 Å². The number of thioether (sulfide) groups is 1. The first-order chi connectivity index (χ1) is 16.2. The van der Waals surface area contributed by atoms with Crippen molar-refractivity contribution in [2.24, 2.45) is 0 Å². The summed E-state index contributed by atoms with van der Waals surface area (Å²) < 4.78 is 21.2. The van der Waals surface area contributed by atoms with Gasteiger partial charge in [0.15, 0.2) is 5.16 Å². The molecule has 0 N–H and O–H groups in total. The highest BCUT2D eigenvalue weighted by molar-refractivity contribution is 7.99.